The Hall–Kier alpha value is -1.75. The van der Waals surface area contributed by atoms with Gasteiger partial charge in [-0.2, -0.15) is 0 Å². The van der Waals surface area contributed by atoms with E-state index in [-0.39, 0.29) is 11.5 Å². The number of aliphatic imine (C=N–C) groups is 1. The van der Waals surface area contributed by atoms with Gasteiger partial charge in [-0.3, -0.25) is 0 Å². The number of nitrogens with zero attached hydrogens (tertiary/aromatic N) is 1. The number of nitrogens with two attached hydrogens (primary N) is 1. The Morgan fingerprint density at radius 1 is 1.27 bits per heavy atom. The summed E-state index contributed by atoms with van der Waals surface area (Å²) in [6, 6.07) is 8.32. The van der Waals surface area contributed by atoms with Crippen molar-refractivity contribution in [2.45, 2.75) is 39.2 Å². The molecule has 1 unspecified atom stereocenters. The van der Waals surface area contributed by atoms with Crippen LogP contribution in [0.1, 0.15) is 33.3 Å². The summed E-state index contributed by atoms with van der Waals surface area (Å²) in [6.45, 7) is 10.2. The van der Waals surface area contributed by atoms with Gasteiger partial charge in [0.1, 0.15) is 12.4 Å². The van der Waals surface area contributed by atoms with E-state index in [1.807, 2.05) is 19.1 Å². The molecule has 22 heavy (non-hydrogen) atoms. The molecule has 5 heteroatoms. The summed E-state index contributed by atoms with van der Waals surface area (Å²) in [5, 5.41) is 3.05. The number of methoxy groups -OCH3 is 1. The van der Waals surface area contributed by atoms with E-state index in [0.29, 0.717) is 25.7 Å². The molecule has 0 fully saturated rings. The predicted molar refractivity (Wildman–Crippen MR) is 91.6 cm³/mol. The summed E-state index contributed by atoms with van der Waals surface area (Å²) in [6.07, 6.45) is 0. The molecule has 0 aliphatic rings. The second kappa shape index (κ2) is 8.63. The van der Waals surface area contributed by atoms with Crippen LogP contribution < -0.4 is 15.8 Å². The van der Waals surface area contributed by atoms with Crippen LogP contribution in [0.15, 0.2) is 29.3 Å². The van der Waals surface area contributed by atoms with Gasteiger partial charge in [-0.05, 0) is 30.0 Å². The monoisotopic (exact) mass is 307 g/mol. The first-order valence-electron chi connectivity index (χ1n) is 7.61. The van der Waals surface area contributed by atoms with Gasteiger partial charge in [0.25, 0.3) is 0 Å². The average Bonchev–Trinajstić information content (AvgIpc) is 2.43. The van der Waals surface area contributed by atoms with Crippen LogP contribution in [0.3, 0.4) is 0 Å². The first kappa shape index (κ1) is 18.3. The quantitative estimate of drug-likeness (QED) is 0.461. The molecule has 1 aromatic carbocycles. The maximum absolute atomic E-state index is 5.78. The number of nitrogens with one attached hydrogen (secondary N) is 1. The fourth-order valence-electron chi connectivity index (χ4n) is 1.97. The van der Waals surface area contributed by atoms with Gasteiger partial charge in [-0.1, -0.05) is 32.9 Å². The van der Waals surface area contributed by atoms with Gasteiger partial charge in [0.15, 0.2) is 5.96 Å². The first-order chi connectivity index (χ1) is 10.3. The molecule has 124 valence electrons. The maximum Gasteiger partial charge on any atom is 0.188 e. The fourth-order valence-corrected chi connectivity index (χ4v) is 1.97. The normalized spacial score (nSPS) is 13.8. The van der Waals surface area contributed by atoms with Crippen molar-refractivity contribution in [1.29, 1.82) is 0 Å². The van der Waals surface area contributed by atoms with Crippen molar-refractivity contribution < 1.29 is 9.47 Å². The van der Waals surface area contributed by atoms with Gasteiger partial charge in [0.2, 0.25) is 0 Å². The minimum Gasteiger partial charge on any atom is -0.492 e. The van der Waals surface area contributed by atoms with Gasteiger partial charge in [0, 0.05) is 13.2 Å². The Morgan fingerprint density at radius 3 is 2.45 bits per heavy atom. The van der Waals surface area contributed by atoms with Crippen LogP contribution in [0.5, 0.6) is 5.75 Å². The molecule has 0 amide bonds. The van der Waals surface area contributed by atoms with E-state index in [1.165, 1.54) is 5.56 Å². The highest BCUT2D eigenvalue weighted by Crippen LogP contribution is 2.24. The third-order valence-electron chi connectivity index (χ3n) is 3.17. The largest absolute Gasteiger partial charge is 0.492 e. The lowest BCUT2D eigenvalue weighted by molar-refractivity contribution is 0.179. The molecule has 0 radical (unpaired) electrons. The minimum atomic E-state index is 0.139. The van der Waals surface area contributed by atoms with Crippen LogP contribution >= 0.6 is 0 Å². The van der Waals surface area contributed by atoms with E-state index in [4.69, 9.17) is 15.2 Å². The highest BCUT2D eigenvalue weighted by molar-refractivity contribution is 5.78. The van der Waals surface area contributed by atoms with Crippen LogP contribution in [0.25, 0.3) is 0 Å². The predicted octanol–water partition coefficient (Wildman–Crippen LogP) is 2.30. The van der Waals surface area contributed by atoms with Gasteiger partial charge >= 0.3 is 0 Å². The van der Waals surface area contributed by atoms with Crippen LogP contribution in [-0.4, -0.2) is 38.9 Å². The van der Waals surface area contributed by atoms with Gasteiger partial charge in [0.05, 0.1) is 13.2 Å². The summed E-state index contributed by atoms with van der Waals surface area (Å²) >= 11 is 0. The molecule has 0 spiro atoms. The Morgan fingerprint density at radius 2 is 1.91 bits per heavy atom. The lowest BCUT2D eigenvalue weighted by atomic mass is 9.87. The lowest BCUT2D eigenvalue weighted by Gasteiger charge is -2.19. The van der Waals surface area contributed by atoms with Gasteiger partial charge < -0.3 is 20.5 Å². The van der Waals surface area contributed by atoms with E-state index >= 15 is 0 Å². The molecule has 5 nitrogen and oxygen atoms in total. The highest BCUT2D eigenvalue weighted by atomic mass is 16.5. The van der Waals surface area contributed by atoms with Crippen LogP contribution in [0.2, 0.25) is 0 Å². The second-order valence-electron chi connectivity index (χ2n) is 6.39. The van der Waals surface area contributed by atoms with Crippen LogP contribution in [-0.2, 0) is 10.2 Å². The van der Waals surface area contributed by atoms with Gasteiger partial charge in [-0.15, -0.1) is 0 Å². The SMILES string of the molecule is COCC(C)NC(N)=NCCOc1ccc(C(C)(C)C)cc1. The Labute approximate surface area is 133 Å². The molecule has 0 aromatic heterocycles. The van der Waals surface area contributed by atoms with E-state index < -0.39 is 0 Å². The molecule has 0 heterocycles. The number of rotatable bonds is 7. The van der Waals surface area contributed by atoms with Crippen molar-refractivity contribution in [2.75, 3.05) is 26.9 Å². The fraction of sp³-hybridized carbons (Fsp3) is 0.588. The van der Waals surface area contributed by atoms with Crippen LogP contribution in [0, 0.1) is 0 Å². The first-order valence-corrected chi connectivity index (χ1v) is 7.61. The second-order valence-corrected chi connectivity index (χ2v) is 6.39. The van der Waals surface area contributed by atoms with Crippen molar-refractivity contribution in [2.24, 2.45) is 10.7 Å². The summed E-state index contributed by atoms with van der Waals surface area (Å²) < 4.78 is 10.7. The molecule has 0 saturated carbocycles. The van der Waals surface area contributed by atoms with Crippen molar-refractivity contribution in [3.8, 4) is 5.75 Å². The van der Waals surface area contributed by atoms with E-state index in [9.17, 15) is 0 Å². The Balaban J connectivity index is 2.35. The molecule has 0 bridgehead atoms. The smallest absolute Gasteiger partial charge is 0.188 e. The molecule has 1 aromatic rings. The summed E-state index contributed by atoms with van der Waals surface area (Å²) in [5.74, 6) is 1.26. The van der Waals surface area contributed by atoms with Crippen molar-refractivity contribution in [3.63, 3.8) is 0 Å². The zero-order chi connectivity index (χ0) is 16.6. The molecule has 0 saturated heterocycles. The number of hydrogen-bond acceptors (Lipinski definition) is 3. The molecule has 1 atom stereocenters. The van der Waals surface area contributed by atoms with Crippen molar-refractivity contribution in [3.05, 3.63) is 29.8 Å². The number of guanidine groups is 1. The number of benzene rings is 1. The molecular formula is C17H29N3O2. The lowest BCUT2D eigenvalue weighted by Crippen LogP contribution is -2.40. The van der Waals surface area contributed by atoms with Gasteiger partial charge in [-0.25, -0.2) is 4.99 Å². The van der Waals surface area contributed by atoms with E-state index in [1.54, 1.807) is 7.11 Å². The maximum atomic E-state index is 5.78. The summed E-state index contributed by atoms with van der Waals surface area (Å²) in [5.41, 5.74) is 7.22. The standard InChI is InChI=1S/C17H29N3O2/c1-13(12-21-5)20-16(18)19-10-11-22-15-8-6-14(7-9-15)17(2,3)4/h6-9,13H,10-12H2,1-5H3,(H3,18,19,20). The number of hydrogen-bond donors (Lipinski definition) is 2. The van der Waals surface area contributed by atoms with E-state index in [2.05, 4.69) is 43.2 Å². The third-order valence-corrected chi connectivity index (χ3v) is 3.17. The topological polar surface area (TPSA) is 68.9 Å². The molecule has 0 aliphatic carbocycles. The third kappa shape index (κ3) is 6.80. The Kier molecular flexibility index (Phi) is 7.18. The zero-order valence-electron chi connectivity index (χ0n) is 14.3. The molecule has 3 N–H and O–H groups in total. The van der Waals surface area contributed by atoms with Crippen molar-refractivity contribution in [1.82, 2.24) is 5.32 Å². The van der Waals surface area contributed by atoms with Crippen LogP contribution in [0.4, 0.5) is 0 Å². The number of ether oxygens (including phenoxy) is 2. The summed E-state index contributed by atoms with van der Waals surface area (Å²) in [7, 11) is 1.66. The van der Waals surface area contributed by atoms with E-state index in [0.717, 1.165) is 5.75 Å². The zero-order valence-corrected chi connectivity index (χ0v) is 14.3. The van der Waals surface area contributed by atoms with Crippen molar-refractivity contribution >= 4 is 5.96 Å². The highest BCUT2D eigenvalue weighted by Gasteiger charge is 2.12. The molecular weight excluding hydrogens is 278 g/mol. The molecule has 0 aliphatic heterocycles. The Bertz CT molecular complexity index is 464. The molecule has 1 rings (SSSR count). The minimum absolute atomic E-state index is 0.139. The summed E-state index contributed by atoms with van der Waals surface area (Å²) in [4.78, 5) is 4.22. The average molecular weight is 307 g/mol.